The molecule has 1 aliphatic heterocycles. The normalized spacial score (nSPS) is 27.1. The minimum absolute atomic E-state index is 0.0583. The second-order valence-electron chi connectivity index (χ2n) is 8.11. The van der Waals surface area contributed by atoms with Crippen molar-refractivity contribution < 1.29 is 28.9 Å². The number of rotatable bonds is 4. The molecule has 0 bridgehead atoms. The second kappa shape index (κ2) is 9.33. The third kappa shape index (κ3) is 6.96. The molecule has 0 saturated carbocycles. The summed E-state index contributed by atoms with van der Waals surface area (Å²) >= 11 is 0. The maximum absolute atomic E-state index is 12.4. The number of cyclic esters (lactones) is 1. The highest BCUT2D eigenvalue weighted by molar-refractivity contribution is 5.80. The van der Waals surface area contributed by atoms with Crippen molar-refractivity contribution in [2.24, 2.45) is 11.8 Å². The Morgan fingerprint density at radius 1 is 1.22 bits per heavy atom. The number of esters is 2. The molecule has 1 aliphatic rings. The number of aliphatic hydroxyl groups excluding tert-OH is 1. The van der Waals surface area contributed by atoms with Crippen LogP contribution in [0.15, 0.2) is 30.3 Å². The zero-order chi connectivity index (χ0) is 20.0. The van der Waals surface area contributed by atoms with Gasteiger partial charge in [0.2, 0.25) is 0 Å². The summed E-state index contributed by atoms with van der Waals surface area (Å²) < 4.78 is 16.4. The molecule has 1 aromatic rings. The number of benzene rings is 1. The molecule has 1 N–H and O–H groups in total. The zero-order valence-corrected chi connectivity index (χ0v) is 16.5. The molecule has 0 unspecified atom stereocenters. The predicted octanol–water partition coefficient (Wildman–Crippen LogP) is 2.52. The Morgan fingerprint density at radius 3 is 2.52 bits per heavy atom. The number of aliphatic hydroxyl groups is 1. The molecular formula is C21H30O6. The molecule has 2 rings (SSSR count). The van der Waals surface area contributed by atoms with Crippen LogP contribution in [0.4, 0.5) is 0 Å². The minimum atomic E-state index is -0.852. The Hall–Kier alpha value is -1.92. The SMILES string of the molecule is C[C@@H]1OC(=O)[C@@H](CC(=O)OC(C)(C)C)COC[C@H](Cc2ccccc2)[C@H]1O. The van der Waals surface area contributed by atoms with Gasteiger partial charge in [0.15, 0.2) is 0 Å². The van der Waals surface area contributed by atoms with Crippen LogP contribution in [0.1, 0.15) is 39.7 Å². The summed E-state index contributed by atoms with van der Waals surface area (Å²) in [5, 5.41) is 10.6. The summed E-state index contributed by atoms with van der Waals surface area (Å²) in [7, 11) is 0. The van der Waals surface area contributed by atoms with Gasteiger partial charge in [-0.15, -0.1) is 0 Å². The van der Waals surface area contributed by atoms with E-state index < -0.39 is 35.7 Å². The number of hydrogen-bond donors (Lipinski definition) is 1. The molecule has 27 heavy (non-hydrogen) atoms. The second-order valence-corrected chi connectivity index (χ2v) is 8.11. The van der Waals surface area contributed by atoms with Crippen molar-refractivity contribution in [1.82, 2.24) is 0 Å². The number of carbonyl (C=O) groups excluding carboxylic acids is 2. The van der Waals surface area contributed by atoms with Gasteiger partial charge in [-0.3, -0.25) is 9.59 Å². The van der Waals surface area contributed by atoms with Crippen molar-refractivity contribution >= 4 is 11.9 Å². The molecule has 0 aromatic heterocycles. The molecule has 0 radical (unpaired) electrons. The summed E-state index contributed by atoms with van der Waals surface area (Å²) in [4.78, 5) is 24.5. The van der Waals surface area contributed by atoms with E-state index in [1.165, 1.54) is 0 Å². The van der Waals surface area contributed by atoms with Crippen molar-refractivity contribution in [2.75, 3.05) is 13.2 Å². The van der Waals surface area contributed by atoms with Crippen LogP contribution in [0.2, 0.25) is 0 Å². The maximum atomic E-state index is 12.4. The van der Waals surface area contributed by atoms with E-state index in [0.717, 1.165) is 5.56 Å². The molecule has 1 aromatic carbocycles. The van der Waals surface area contributed by atoms with E-state index >= 15 is 0 Å². The van der Waals surface area contributed by atoms with Gasteiger partial charge in [0.1, 0.15) is 11.7 Å². The topological polar surface area (TPSA) is 82.1 Å². The molecular weight excluding hydrogens is 348 g/mol. The zero-order valence-electron chi connectivity index (χ0n) is 16.5. The quantitative estimate of drug-likeness (QED) is 0.811. The van der Waals surface area contributed by atoms with Crippen LogP contribution in [0.25, 0.3) is 0 Å². The highest BCUT2D eigenvalue weighted by Crippen LogP contribution is 2.22. The van der Waals surface area contributed by atoms with Crippen LogP contribution in [-0.4, -0.2) is 48.1 Å². The lowest BCUT2D eigenvalue weighted by atomic mass is 9.92. The Kier molecular flexibility index (Phi) is 7.39. The van der Waals surface area contributed by atoms with Crippen molar-refractivity contribution in [2.45, 2.75) is 58.3 Å². The van der Waals surface area contributed by atoms with Gasteiger partial charge in [-0.25, -0.2) is 0 Å². The van der Waals surface area contributed by atoms with Crippen molar-refractivity contribution in [3.05, 3.63) is 35.9 Å². The Morgan fingerprint density at radius 2 is 1.89 bits per heavy atom. The highest BCUT2D eigenvalue weighted by atomic mass is 16.6. The van der Waals surface area contributed by atoms with Crippen molar-refractivity contribution in [1.29, 1.82) is 0 Å². The molecule has 0 spiro atoms. The smallest absolute Gasteiger partial charge is 0.312 e. The van der Waals surface area contributed by atoms with Gasteiger partial charge in [0.25, 0.3) is 0 Å². The van der Waals surface area contributed by atoms with E-state index in [9.17, 15) is 14.7 Å². The Balaban J connectivity index is 2.03. The molecule has 4 atom stereocenters. The van der Waals surface area contributed by atoms with Gasteiger partial charge < -0.3 is 19.3 Å². The van der Waals surface area contributed by atoms with Gasteiger partial charge in [-0.05, 0) is 39.7 Å². The Bertz CT molecular complexity index is 621. The van der Waals surface area contributed by atoms with E-state index in [-0.39, 0.29) is 25.6 Å². The molecule has 6 heteroatoms. The lowest BCUT2D eigenvalue weighted by Crippen LogP contribution is -2.38. The third-order valence-electron chi connectivity index (χ3n) is 4.42. The first-order valence-corrected chi connectivity index (χ1v) is 9.38. The van der Waals surface area contributed by atoms with E-state index in [1.807, 2.05) is 30.3 Å². The van der Waals surface area contributed by atoms with Gasteiger partial charge >= 0.3 is 11.9 Å². The van der Waals surface area contributed by atoms with E-state index in [0.29, 0.717) is 6.42 Å². The minimum Gasteiger partial charge on any atom is -0.460 e. The summed E-state index contributed by atoms with van der Waals surface area (Å²) in [6.07, 6.45) is -1.04. The number of hydrogen-bond acceptors (Lipinski definition) is 6. The van der Waals surface area contributed by atoms with Gasteiger partial charge in [0, 0.05) is 5.92 Å². The van der Waals surface area contributed by atoms with Gasteiger partial charge in [-0.2, -0.15) is 0 Å². The van der Waals surface area contributed by atoms with Crippen LogP contribution in [0.3, 0.4) is 0 Å². The molecule has 1 heterocycles. The summed E-state index contributed by atoms with van der Waals surface area (Å²) in [5.41, 5.74) is 0.457. The Labute approximate surface area is 160 Å². The lowest BCUT2D eigenvalue weighted by molar-refractivity contribution is -0.167. The van der Waals surface area contributed by atoms with Crippen molar-refractivity contribution in [3.8, 4) is 0 Å². The molecule has 0 aliphatic carbocycles. The van der Waals surface area contributed by atoms with Gasteiger partial charge in [-0.1, -0.05) is 30.3 Å². The predicted molar refractivity (Wildman–Crippen MR) is 100.0 cm³/mol. The van der Waals surface area contributed by atoms with Crippen LogP contribution in [0, 0.1) is 11.8 Å². The number of ether oxygens (including phenoxy) is 3. The van der Waals surface area contributed by atoms with Crippen LogP contribution >= 0.6 is 0 Å². The highest BCUT2D eigenvalue weighted by Gasteiger charge is 2.34. The fourth-order valence-corrected chi connectivity index (χ4v) is 3.08. The first-order valence-electron chi connectivity index (χ1n) is 9.38. The maximum Gasteiger partial charge on any atom is 0.312 e. The summed E-state index contributed by atoms with van der Waals surface area (Å²) in [6, 6.07) is 9.80. The monoisotopic (exact) mass is 378 g/mol. The van der Waals surface area contributed by atoms with Crippen LogP contribution < -0.4 is 0 Å². The number of carbonyl (C=O) groups is 2. The third-order valence-corrected chi connectivity index (χ3v) is 4.42. The van der Waals surface area contributed by atoms with Crippen LogP contribution in [-0.2, 0) is 30.2 Å². The fraction of sp³-hybridized carbons (Fsp3) is 0.619. The molecule has 1 fully saturated rings. The summed E-state index contributed by atoms with van der Waals surface area (Å²) in [6.45, 7) is 7.32. The first kappa shape index (κ1) is 21.4. The largest absolute Gasteiger partial charge is 0.460 e. The molecule has 150 valence electrons. The average Bonchev–Trinajstić information content (AvgIpc) is 2.61. The molecule has 1 saturated heterocycles. The van der Waals surface area contributed by atoms with Crippen molar-refractivity contribution in [3.63, 3.8) is 0 Å². The first-order chi connectivity index (χ1) is 12.7. The van der Waals surface area contributed by atoms with E-state index in [1.54, 1.807) is 27.7 Å². The standard InChI is InChI=1S/C21H30O6/c1-14-19(23)16(10-15-8-6-5-7-9-15)12-25-13-17(20(24)26-14)11-18(22)27-21(2,3)4/h5-9,14,16-17,19,23H,10-13H2,1-4H3/t14-,16-,17-,19-/m0/s1. The molecule has 0 amide bonds. The fourth-order valence-electron chi connectivity index (χ4n) is 3.08. The summed E-state index contributed by atoms with van der Waals surface area (Å²) in [5.74, 6) is -1.98. The van der Waals surface area contributed by atoms with Crippen LogP contribution in [0.5, 0.6) is 0 Å². The van der Waals surface area contributed by atoms with Gasteiger partial charge in [0.05, 0.1) is 31.7 Å². The van der Waals surface area contributed by atoms with E-state index in [2.05, 4.69) is 0 Å². The average molecular weight is 378 g/mol. The van der Waals surface area contributed by atoms with E-state index in [4.69, 9.17) is 14.2 Å². The molecule has 6 nitrogen and oxygen atoms in total. The lowest BCUT2D eigenvalue weighted by Gasteiger charge is -2.26.